The van der Waals surface area contributed by atoms with Crippen LogP contribution in [0.25, 0.3) is 21.9 Å². The molecule has 0 aromatic heterocycles. The summed E-state index contributed by atoms with van der Waals surface area (Å²) in [6, 6.07) is 26.4. The summed E-state index contributed by atoms with van der Waals surface area (Å²) in [6.07, 6.45) is 0. The summed E-state index contributed by atoms with van der Waals surface area (Å²) in [6.45, 7) is 0.301. The molecule has 4 rings (SSSR count). The van der Waals surface area contributed by atoms with Crippen molar-refractivity contribution in [2.24, 2.45) is 5.73 Å². The minimum Gasteiger partial charge on any atom is -0.488 e. The second-order valence-electron chi connectivity index (χ2n) is 7.07. The van der Waals surface area contributed by atoms with Gasteiger partial charge in [-0.15, -0.1) is 0 Å². The van der Waals surface area contributed by atoms with Crippen molar-refractivity contribution in [1.82, 2.24) is 0 Å². The van der Waals surface area contributed by atoms with Gasteiger partial charge >= 0.3 is 5.97 Å². The molecule has 0 spiro atoms. The Hall–Kier alpha value is -4.12. The molecule has 0 aliphatic heterocycles. The van der Waals surface area contributed by atoms with Gasteiger partial charge in [-0.3, -0.25) is 4.79 Å². The summed E-state index contributed by atoms with van der Waals surface area (Å²) < 4.78 is 11.0. The number of rotatable bonds is 6. The van der Waals surface area contributed by atoms with E-state index in [1.807, 2.05) is 48.5 Å². The number of carbonyl (C=O) groups excluding carboxylic acids is 2. The monoisotopic (exact) mass is 411 g/mol. The lowest BCUT2D eigenvalue weighted by Crippen LogP contribution is -2.10. The topological polar surface area (TPSA) is 78.6 Å². The van der Waals surface area contributed by atoms with E-state index in [-0.39, 0.29) is 0 Å². The Balaban J connectivity index is 1.68. The Bertz CT molecular complexity index is 1260. The molecule has 4 aromatic carbocycles. The van der Waals surface area contributed by atoms with E-state index in [1.54, 1.807) is 24.3 Å². The maximum Gasteiger partial charge on any atom is 0.341 e. The molecule has 31 heavy (non-hydrogen) atoms. The first-order valence-electron chi connectivity index (χ1n) is 9.79. The van der Waals surface area contributed by atoms with Gasteiger partial charge in [0.2, 0.25) is 5.91 Å². The number of carbonyl (C=O) groups is 2. The van der Waals surface area contributed by atoms with Crippen LogP contribution in [0, 0.1) is 0 Å². The van der Waals surface area contributed by atoms with Crippen LogP contribution in [-0.2, 0) is 11.3 Å². The minimum absolute atomic E-state index is 0.301. The number of esters is 1. The summed E-state index contributed by atoms with van der Waals surface area (Å²) in [5.41, 5.74) is 8.83. The Morgan fingerprint density at radius 2 is 1.55 bits per heavy atom. The molecule has 0 aliphatic rings. The zero-order valence-electron chi connectivity index (χ0n) is 17.0. The van der Waals surface area contributed by atoms with E-state index in [0.717, 1.165) is 27.5 Å². The zero-order valence-corrected chi connectivity index (χ0v) is 17.0. The quantitative estimate of drug-likeness (QED) is 0.454. The predicted octanol–water partition coefficient (Wildman–Crippen LogP) is 4.97. The van der Waals surface area contributed by atoms with Gasteiger partial charge in [-0.05, 0) is 51.7 Å². The molecule has 0 unspecified atom stereocenters. The molecule has 1 amide bonds. The number of primary amides is 1. The van der Waals surface area contributed by atoms with Crippen LogP contribution in [0.15, 0.2) is 84.9 Å². The summed E-state index contributed by atoms with van der Waals surface area (Å²) in [7, 11) is 1.34. The van der Waals surface area contributed by atoms with Crippen molar-refractivity contribution in [3.05, 3.63) is 102 Å². The van der Waals surface area contributed by atoms with E-state index in [0.29, 0.717) is 23.5 Å². The van der Waals surface area contributed by atoms with E-state index in [9.17, 15) is 9.59 Å². The highest BCUT2D eigenvalue weighted by molar-refractivity contribution is 5.94. The third-order valence-corrected chi connectivity index (χ3v) is 5.15. The van der Waals surface area contributed by atoms with Crippen LogP contribution < -0.4 is 10.5 Å². The van der Waals surface area contributed by atoms with Gasteiger partial charge < -0.3 is 15.2 Å². The first-order chi connectivity index (χ1) is 15.1. The van der Waals surface area contributed by atoms with Crippen molar-refractivity contribution in [2.45, 2.75) is 6.61 Å². The molecular formula is C26H21NO4. The maximum absolute atomic E-state index is 12.3. The molecule has 5 nitrogen and oxygen atoms in total. The van der Waals surface area contributed by atoms with Crippen molar-refractivity contribution in [1.29, 1.82) is 0 Å². The zero-order chi connectivity index (χ0) is 21.8. The molecule has 0 bridgehead atoms. The highest BCUT2D eigenvalue weighted by Crippen LogP contribution is 2.30. The molecule has 5 heteroatoms. The largest absolute Gasteiger partial charge is 0.488 e. The highest BCUT2D eigenvalue weighted by atomic mass is 16.5. The molecule has 0 saturated heterocycles. The molecule has 0 atom stereocenters. The standard InChI is InChI=1S/C26H21NO4/c1-30-26(29)23-14-13-20(17-9-11-19(12-10-17)25(27)28)15-24(23)31-16-21-7-4-6-18-5-2-3-8-22(18)21/h2-15H,16H2,1H3,(H2,27,28). The molecule has 0 aliphatic carbocycles. The van der Waals surface area contributed by atoms with E-state index in [4.69, 9.17) is 15.2 Å². The lowest BCUT2D eigenvalue weighted by molar-refractivity contribution is 0.0595. The number of ether oxygens (including phenoxy) is 2. The lowest BCUT2D eigenvalue weighted by atomic mass is 10.0. The Morgan fingerprint density at radius 1 is 0.839 bits per heavy atom. The van der Waals surface area contributed by atoms with Crippen LogP contribution in [0.4, 0.5) is 0 Å². The minimum atomic E-state index is -0.480. The van der Waals surface area contributed by atoms with Gasteiger partial charge in [-0.25, -0.2) is 4.79 Å². The molecule has 0 fully saturated rings. The van der Waals surface area contributed by atoms with Gasteiger partial charge in [0.1, 0.15) is 17.9 Å². The number of nitrogens with two attached hydrogens (primary N) is 1. The van der Waals surface area contributed by atoms with Crippen LogP contribution in [0.2, 0.25) is 0 Å². The van der Waals surface area contributed by atoms with E-state index < -0.39 is 11.9 Å². The molecule has 4 aromatic rings. The Morgan fingerprint density at radius 3 is 2.29 bits per heavy atom. The van der Waals surface area contributed by atoms with Gasteiger partial charge in [-0.2, -0.15) is 0 Å². The molecular weight excluding hydrogens is 390 g/mol. The third-order valence-electron chi connectivity index (χ3n) is 5.15. The van der Waals surface area contributed by atoms with Gasteiger partial charge in [0, 0.05) is 5.56 Å². The molecule has 2 N–H and O–H groups in total. The summed E-state index contributed by atoms with van der Waals surface area (Å²) in [5.74, 6) is -0.522. The highest BCUT2D eigenvalue weighted by Gasteiger charge is 2.15. The average molecular weight is 411 g/mol. The van der Waals surface area contributed by atoms with E-state index >= 15 is 0 Å². The summed E-state index contributed by atoms with van der Waals surface area (Å²) in [5, 5.41) is 2.22. The Kier molecular flexibility index (Phi) is 5.67. The van der Waals surface area contributed by atoms with Gasteiger partial charge in [0.15, 0.2) is 0 Å². The normalized spacial score (nSPS) is 10.6. The molecule has 0 heterocycles. The van der Waals surface area contributed by atoms with Crippen molar-refractivity contribution in [3.8, 4) is 16.9 Å². The fourth-order valence-corrected chi connectivity index (χ4v) is 3.50. The van der Waals surface area contributed by atoms with Gasteiger partial charge in [0.05, 0.1) is 7.11 Å². The Labute approximate surface area is 180 Å². The van der Waals surface area contributed by atoms with E-state index in [2.05, 4.69) is 12.1 Å². The van der Waals surface area contributed by atoms with Crippen LogP contribution in [0.1, 0.15) is 26.3 Å². The number of hydrogen-bond donors (Lipinski definition) is 1. The first-order valence-corrected chi connectivity index (χ1v) is 9.79. The van der Waals surface area contributed by atoms with Crippen LogP contribution >= 0.6 is 0 Å². The SMILES string of the molecule is COC(=O)c1ccc(-c2ccc(C(N)=O)cc2)cc1OCc1cccc2ccccc12. The average Bonchev–Trinajstić information content (AvgIpc) is 2.82. The van der Waals surface area contributed by atoms with Crippen molar-refractivity contribution in [2.75, 3.05) is 7.11 Å². The van der Waals surface area contributed by atoms with Crippen molar-refractivity contribution in [3.63, 3.8) is 0 Å². The third kappa shape index (κ3) is 4.26. The maximum atomic E-state index is 12.3. The predicted molar refractivity (Wildman–Crippen MR) is 120 cm³/mol. The van der Waals surface area contributed by atoms with Crippen LogP contribution in [0.5, 0.6) is 5.75 Å². The van der Waals surface area contributed by atoms with Crippen molar-refractivity contribution < 1.29 is 19.1 Å². The number of amides is 1. The van der Waals surface area contributed by atoms with Crippen LogP contribution in [0.3, 0.4) is 0 Å². The summed E-state index contributed by atoms with van der Waals surface area (Å²) in [4.78, 5) is 23.6. The second kappa shape index (κ2) is 8.71. The number of benzene rings is 4. The molecule has 0 radical (unpaired) electrons. The fraction of sp³-hybridized carbons (Fsp3) is 0.0769. The number of hydrogen-bond acceptors (Lipinski definition) is 4. The van der Waals surface area contributed by atoms with Gasteiger partial charge in [-0.1, -0.05) is 60.7 Å². The number of methoxy groups -OCH3 is 1. The summed E-state index contributed by atoms with van der Waals surface area (Å²) >= 11 is 0. The fourth-order valence-electron chi connectivity index (χ4n) is 3.50. The van der Waals surface area contributed by atoms with Gasteiger partial charge in [0.25, 0.3) is 0 Å². The van der Waals surface area contributed by atoms with E-state index in [1.165, 1.54) is 7.11 Å². The molecule has 0 saturated carbocycles. The first kappa shape index (κ1) is 20.2. The van der Waals surface area contributed by atoms with Crippen LogP contribution in [-0.4, -0.2) is 19.0 Å². The number of fused-ring (bicyclic) bond motifs is 1. The smallest absolute Gasteiger partial charge is 0.341 e. The second-order valence-corrected chi connectivity index (χ2v) is 7.07. The molecule has 154 valence electrons. The lowest BCUT2D eigenvalue weighted by Gasteiger charge is -2.14. The van der Waals surface area contributed by atoms with Crippen molar-refractivity contribution >= 4 is 22.6 Å².